The van der Waals surface area contributed by atoms with Gasteiger partial charge in [-0.25, -0.2) is 0 Å². The Balaban J connectivity index is 2.04. The van der Waals surface area contributed by atoms with Gasteiger partial charge in [0.05, 0.1) is 17.8 Å². The van der Waals surface area contributed by atoms with Gasteiger partial charge in [0, 0.05) is 30.9 Å². The molecule has 0 radical (unpaired) electrons. The van der Waals surface area contributed by atoms with Crippen molar-refractivity contribution in [2.45, 2.75) is 25.9 Å². The number of nitriles is 1. The van der Waals surface area contributed by atoms with Crippen LogP contribution in [0.3, 0.4) is 0 Å². The minimum atomic E-state index is 0.225. The smallest absolute Gasteiger partial charge is 0.0991 e. The average molecular weight is 254 g/mol. The first kappa shape index (κ1) is 13.3. The fourth-order valence-electron chi connectivity index (χ4n) is 2.08. The van der Waals surface area contributed by atoms with E-state index in [-0.39, 0.29) is 12.1 Å². The molecule has 0 fully saturated rings. The summed E-state index contributed by atoms with van der Waals surface area (Å²) in [5.41, 5.74) is 3.04. The van der Waals surface area contributed by atoms with Crippen LogP contribution < -0.4 is 5.32 Å². The van der Waals surface area contributed by atoms with Gasteiger partial charge in [-0.05, 0) is 31.5 Å². The summed E-state index contributed by atoms with van der Waals surface area (Å²) in [7, 11) is 1.92. The maximum absolute atomic E-state index is 8.79. The summed E-state index contributed by atoms with van der Waals surface area (Å²) in [6.07, 6.45) is 3.90. The second-order valence-electron chi connectivity index (χ2n) is 4.79. The molecule has 0 aliphatic heterocycles. The third-order valence-electron chi connectivity index (χ3n) is 3.26. The van der Waals surface area contributed by atoms with Crippen molar-refractivity contribution >= 4 is 0 Å². The fourth-order valence-corrected chi connectivity index (χ4v) is 2.08. The summed E-state index contributed by atoms with van der Waals surface area (Å²) in [6.45, 7) is 4.24. The molecule has 0 amide bonds. The highest BCUT2D eigenvalue weighted by molar-refractivity contribution is 5.32. The highest BCUT2D eigenvalue weighted by Gasteiger charge is 2.12. The predicted molar refractivity (Wildman–Crippen MR) is 74.3 cm³/mol. The number of nitrogens with one attached hydrogen (secondary N) is 1. The van der Waals surface area contributed by atoms with E-state index in [0.717, 1.165) is 0 Å². The van der Waals surface area contributed by atoms with Crippen LogP contribution in [0.1, 0.15) is 42.6 Å². The number of nitrogens with zero attached hydrogens (tertiary/aromatic N) is 3. The fraction of sp³-hybridized carbons (Fsp3) is 0.333. The molecule has 1 aromatic carbocycles. The van der Waals surface area contributed by atoms with E-state index in [1.165, 1.54) is 11.1 Å². The Hall–Kier alpha value is -2.12. The molecule has 1 aromatic heterocycles. The van der Waals surface area contributed by atoms with E-state index >= 15 is 0 Å². The summed E-state index contributed by atoms with van der Waals surface area (Å²) in [5, 5.41) is 16.5. The van der Waals surface area contributed by atoms with Gasteiger partial charge in [0.15, 0.2) is 0 Å². The number of hydrogen-bond acceptors (Lipinski definition) is 3. The summed E-state index contributed by atoms with van der Waals surface area (Å²) in [4.78, 5) is 0. The van der Waals surface area contributed by atoms with Crippen molar-refractivity contribution in [2.75, 3.05) is 0 Å². The van der Waals surface area contributed by atoms with Crippen molar-refractivity contribution in [3.63, 3.8) is 0 Å². The van der Waals surface area contributed by atoms with Crippen LogP contribution in [0.4, 0.5) is 0 Å². The quantitative estimate of drug-likeness (QED) is 0.912. The molecular formula is C15H18N4. The van der Waals surface area contributed by atoms with Crippen molar-refractivity contribution in [3.05, 3.63) is 53.3 Å². The molecule has 0 aliphatic rings. The van der Waals surface area contributed by atoms with Gasteiger partial charge in [0.2, 0.25) is 0 Å². The lowest BCUT2D eigenvalue weighted by Gasteiger charge is -2.19. The van der Waals surface area contributed by atoms with Gasteiger partial charge in [0.25, 0.3) is 0 Å². The zero-order chi connectivity index (χ0) is 13.8. The Bertz CT molecular complexity index is 577. The Morgan fingerprint density at radius 3 is 2.32 bits per heavy atom. The summed E-state index contributed by atoms with van der Waals surface area (Å²) < 4.78 is 1.81. The highest BCUT2D eigenvalue weighted by Crippen LogP contribution is 2.19. The number of rotatable bonds is 4. The van der Waals surface area contributed by atoms with Gasteiger partial charge in [-0.2, -0.15) is 10.4 Å². The van der Waals surface area contributed by atoms with Gasteiger partial charge >= 0.3 is 0 Å². The molecule has 4 nitrogen and oxygen atoms in total. The Morgan fingerprint density at radius 2 is 1.79 bits per heavy atom. The van der Waals surface area contributed by atoms with E-state index in [2.05, 4.69) is 30.3 Å². The van der Waals surface area contributed by atoms with E-state index < -0.39 is 0 Å². The first-order valence-corrected chi connectivity index (χ1v) is 6.35. The van der Waals surface area contributed by atoms with Gasteiger partial charge in [0.1, 0.15) is 0 Å². The maximum atomic E-state index is 8.79. The zero-order valence-corrected chi connectivity index (χ0v) is 11.5. The number of benzene rings is 1. The van der Waals surface area contributed by atoms with Crippen LogP contribution in [0.15, 0.2) is 36.7 Å². The molecule has 0 saturated heterocycles. The molecule has 0 aliphatic carbocycles. The molecular weight excluding hydrogens is 236 g/mol. The van der Waals surface area contributed by atoms with Gasteiger partial charge in [-0.3, -0.25) is 4.68 Å². The molecule has 98 valence electrons. The summed E-state index contributed by atoms with van der Waals surface area (Å²) in [6, 6.07) is 10.3. The molecule has 2 atom stereocenters. The van der Waals surface area contributed by atoms with Crippen molar-refractivity contribution < 1.29 is 0 Å². The number of aryl methyl sites for hydroxylation is 1. The first-order chi connectivity index (χ1) is 9.10. The van der Waals surface area contributed by atoms with Gasteiger partial charge in [-0.1, -0.05) is 12.1 Å². The van der Waals surface area contributed by atoms with Gasteiger partial charge < -0.3 is 5.32 Å². The average Bonchev–Trinajstić information content (AvgIpc) is 2.85. The van der Waals surface area contributed by atoms with Crippen LogP contribution in [-0.4, -0.2) is 9.78 Å². The normalized spacial score (nSPS) is 13.8. The van der Waals surface area contributed by atoms with Crippen LogP contribution in [0.25, 0.3) is 0 Å². The van der Waals surface area contributed by atoms with E-state index in [1.54, 1.807) is 4.68 Å². The predicted octanol–water partition coefficient (Wildman–Crippen LogP) is 2.70. The van der Waals surface area contributed by atoms with Crippen LogP contribution in [0.5, 0.6) is 0 Å². The Morgan fingerprint density at radius 1 is 1.16 bits per heavy atom. The maximum Gasteiger partial charge on any atom is 0.0991 e. The van der Waals surface area contributed by atoms with Crippen molar-refractivity contribution in [1.29, 1.82) is 5.26 Å². The van der Waals surface area contributed by atoms with Crippen LogP contribution in [0.2, 0.25) is 0 Å². The lowest BCUT2D eigenvalue weighted by molar-refractivity contribution is 0.494. The number of aromatic nitrogens is 2. The van der Waals surface area contributed by atoms with Crippen LogP contribution >= 0.6 is 0 Å². The van der Waals surface area contributed by atoms with E-state index in [9.17, 15) is 0 Å². The summed E-state index contributed by atoms with van der Waals surface area (Å²) >= 11 is 0. The molecule has 0 spiro atoms. The molecule has 1 heterocycles. The molecule has 0 saturated carbocycles. The minimum Gasteiger partial charge on any atom is -0.304 e. The van der Waals surface area contributed by atoms with Crippen molar-refractivity contribution in [1.82, 2.24) is 15.1 Å². The second-order valence-corrected chi connectivity index (χ2v) is 4.79. The van der Waals surface area contributed by atoms with Crippen LogP contribution in [0, 0.1) is 11.3 Å². The van der Waals surface area contributed by atoms with E-state index in [4.69, 9.17) is 5.26 Å². The molecule has 2 unspecified atom stereocenters. The molecule has 2 rings (SSSR count). The van der Waals surface area contributed by atoms with E-state index in [1.807, 2.05) is 43.7 Å². The molecule has 1 N–H and O–H groups in total. The lowest BCUT2D eigenvalue weighted by atomic mass is 10.0. The van der Waals surface area contributed by atoms with Crippen molar-refractivity contribution in [2.24, 2.45) is 7.05 Å². The minimum absolute atomic E-state index is 0.225. The monoisotopic (exact) mass is 254 g/mol. The Labute approximate surface area is 113 Å². The Kier molecular flexibility index (Phi) is 3.98. The third kappa shape index (κ3) is 3.21. The molecule has 0 bridgehead atoms. The van der Waals surface area contributed by atoms with Crippen LogP contribution in [-0.2, 0) is 7.05 Å². The lowest BCUT2D eigenvalue weighted by Crippen LogP contribution is -2.22. The molecule has 2 aromatic rings. The third-order valence-corrected chi connectivity index (χ3v) is 3.26. The van der Waals surface area contributed by atoms with Crippen molar-refractivity contribution in [3.8, 4) is 6.07 Å². The first-order valence-electron chi connectivity index (χ1n) is 6.35. The van der Waals surface area contributed by atoms with E-state index in [0.29, 0.717) is 5.56 Å². The largest absolute Gasteiger partial charge is 0.304 e. The SMILES string of the molecule is CC(NC(C)c1cnn(C)c1)c1ccc(C#N)cc1. The highest BCUT2D eigenvalue weighted by atomic mass is 15.2. The van der Waals surface area contributed by atoms with Gasteiger partial charge in [-0.15, -0.1) is 0 Å². The topological polar surface area (TPSA) is 53.6 Å². The summed E-state index contributed by atoms with van der Waals surface area (Å²) in [5.74, 6) is 0. The number of hydrogen-bond donors (Lipinski definition) is 1. The second kappa shape index (κ2) is 5.68. The molecule has 4 heteroatoms. The standard InChI is InChI=1S/C15H18N4/c1-11(14-6-4-13(8-16)5-7-14)18-12(2)15-9-17-19(3)10-15/h4-7,9-12,18H,1-3H3. The molecule has 19 heavy (non-hydrogen) atoms. The zero-order valence-electron chi connectivity index (χ0n) is 11.5.